The minimum Gasteiger partial charge on any atom is -0.355 e. The van der Waals surface area contributed by atoms with Crippen LogP contribution in [0.25, 0.3) is 0 Å². The van der Waals surface area contributed by atoms with E-state index < -0.39 is 5.41 Å². The highest BCUT2D eigenvalue weighted by atomic mass is 79.9. The topological polar surface area (TPSA) is 58.2 Å². The van der Waals surface area contributed by atoms with Gasteiger partial charge in [-0.05, 0) is 44.4 Å². The van der Waals surface area contributed by atoms with Crippen LogP contribution >= 0.6 is 15.9 Å². The molecule has 0 saturated heterocycles. The molecule has 21 heavy (non-hydrogen) atoms. The van der Waals surface area contributed by atoms with Crippen molar-refractivity contribution in [2.75, 3.05) is 11.9 Å². The van der Waals surface area contributed by atoms with Crippen molar-refractivity contribution < 1.29 is 9.59 Å². The second-order valence-corrected chi connectivity index (χ2v) is 7.00. The molecule has 0 aliphatic heterocycles. The van der Waals surface area contributed by atoms with Crippen LogP contribution in [0, 0.1) is 18.3 Å². The third-order valence-corrected chi connectivity index (χ3v) is 4.09. The van der Waals surface area contributed by atoms with E-state index in [1.807, 2.05) is 39.0 Å². The predicted molar refractivity (Wildman–Crippen MR) is 89.1 cm³/mol. The molecule has 1 rings (SSSR count). The summed E-state index contributed by atoms with van der Waals surface area (Å²) in [7, 11) is 0. The van der Waals surface area contributed by atoms with Crippen LogP contribution in [0.15, 0.2) is 22.7 Å². The van der Waals surface area contributed by atoms with E-state index in [1.54, 1.807) is 13.8 Å². The fourth-order valence-corrected chi connectivity index (χ4v) is 1.96. The second kappa shape index (κ2) is 7.07. The Hall–Kier alpha value is -1.36. The SMILES string of the molecule is Cc1ccc(NC(=O)C(C)(C)C(=O)NCC(C)C)cc1Br. The molecule has 4 nitrogen and oxygen atoms in total. The maximum absolute atomic E-state index is 12.3. The van der Waals surface area contributed by atoms with Gasteiger partial charge in [0.25, 0.3) is 0 Å². The van der Waals surface area contributed by atoms with Gasteiger partial charge in [-0.3, -0.25) is 9.59 Å². The summed E-state index contributed by atoms with van der Waals surface area (Å²) >= 11 is 3.43. The third-order valence-electron chi connectivity index (χ3n) is 3.24. The van der Waals surface area contributed by atoms with E-state index in [0.29, 0.717) is 18.2 Å². The average molecular weight is 355 g/mol. The Morgan fingerprint density at radius 2 is 1.86 bits per heavy atom. The molecule has 0 aliphatic rings. The van der Waals surface area contributed by atoms with E-state index in [2.05, 4.69) is 26.6 Å². The quantitative estimate of drug-likeness (QED) is 0.795. The molecule has 2 amide bonds. The van der Waals surface area contributed by atoms with Crippen molar-refractivity contribution in [2.45, 2.75) is 34.6 Å². The molecule has 0 fully saturated rings. The van der Waals surface area contributed by atoms with Crippen LogP contribution in [0.5, 0.6) is 0 Å². The summed E-state index contributed by atoms with van der Waals surface area (Å²) in [6.07, 6.45) is 0. The van der Waals surface area contributed by atoms with Crippen LogP contribution in [-0.4, -0.2) is 18.4 Å². The van der Waals surface area contributed by atoms with Gasteiger partial charge in [0.1, 0.15) is 5.41 Å². The molecule has 0 aromatic heterocycles. The highest BCUT2D eigenvalue weighted by Gasteiger charge is 2.36. The van der Waals surface area contributed by atoms with Gasteiger partial charge in [-0.25, -0.2) is 0 Å². The normalized spacial score (nSPS) is 11.4. The molecule has 0 radical (unpaired) electrons. The molecule has 0 aliphatic carbocycles. The Balaban J connectivity index is 2.76. The molecule has 1 aromatic carbocycles. The average Bonchev–Trinajstić information content (AvgIpc) is 2.39. The van der Waals surface area contributed by atoms with Crippen molar-refractivity contribution in [3.05, 3.63) is 28.2 Å². The standard InChI is InChI=1S/C16H23BrN2O2/c1-10(2)9-18-14(20)16(4,5)15(21)19-12-7-6-11(3)13(17)8-12/h6-8,10H,9H2,1-5H3,(H,18,20)(H,19,21). The number of carbonyl (C=O) groups is 2. The van der Waals surface area contributed by atoms with Crippen LogP contribution in [-0.2, 0) is 9.59 Å². The number of halogens is 1. The van der Waals surface area contributed by atoms with Gasteiger partial charge in [-0.1, -0.05) is 35.8 Å². The number of amides is 2. The molecule has 2 N–H and O–H groups in total. The van der Waals surface area contributed by atoms with Crippen molar-refractivity contribution in [1.29, 1.82) is 0 Å². The van der Waals surface area contributed by atoms with Crippen molar-refractivity contribution >= 4 is 33.4 Å². The minimum absolute atomic E-state index is 0.264. The van der Waals surface area contributed by atoms with E-state index in [1.165, 1.54) is 0 Å². The van der Waals surface area contributed by atoms with Crippen LogP contribution in [0.1, 0.15) is 33.3 Å². The lowest BCUT2D eigenvalue weighted by Gasteiger charge is -2.23. The monoisotopic (exact) mass is 354 g/mol. The van der Waals surface area contributed by atoms with E-state index in [0.717, 1.165) is 10.0 Å². The lowest BCUT2D eigenvalue weighted by Crippen LogP contribution is -2.46. The molecule has 0 bridgehead atoms. The summed E-state index contributed by atoms with van der Waals surface area (Å²) in [4.78, 5) is 24.5. The number of hydrogen-bond acceptors (Lipinski definition) is 2. The maximum Gasteiger partial charge on any atom is 0.239 e. The first-order chi connectivity index (χ1) is 9.64. The summed E-state index contributed by atoms with van der Waals surface area (Å²) in [5, 5.41) is 5.59. The van der Waals surface area contributed by atoms with Gasteiger partial charge in [-0.15, -0.1) is 0 Å². The second-order valence-electron chi connectivity index (χ2n) is 6.15. The van der Waals surface area contributed by atoms with E-state index in [9.17, 15) is 9.59 Å². The summed E-state index contributed by atoms with van der Waals surface area (Å²) in [6.45, 7) is 9.81. The number of nitrogens with one attached hydrogen (secondary N) is 2. The Bertz CT molecular complexity index is 539. The molecule has 116 valence electrons. The number of hydrogen-bond donors (Lipinski definition) is 2. The Morgan fingerprint density at radius 3 is 2.38 bits per heavy atom. The minimum atomic E-state index is -1.12. The van der Waals surface area contributed by atoms with Gasteiger partial charge in [0.05, 0.1) is 0 Å². The molecular formula is C16H23BrN2O2. The number of benzene rings is 1. The number of aryl methyl sites for hydroxylation is 1. The maximum atomic E-state index is 12.3. The van der Waals surface area contributed by atoms with Gasteiger partial charge in [0.15, 0.2) is 0 Å². The molecular weight excluding hydrogens is 332 g/mol. The summed E-state index contributed by atoms with van der Waals surface area (Å²) in [6, 6.07) is 5.56. The molecule has 5 heteroatoms. The highest BCUT2D eigenvalue weighted by molar-refractivity contribution is 9.10. The van der Waals surface area contributed by atoms with Gasteiger partial charge in [0.2, 0.25) is 11.8 Å². The number of rotatable bonds is 5. The van der Waals surface area contributed by atoms with Crippen LogP contribution < -0.4 is 10.6 Å². The zero-order chi connectivity index (χ0) is 16.2. The van der Waals surface area contributed by atoms with Crippen molar-refractivity contribution in [3.63, 3.8) is 0 Å². The molecule has 0 spiro atoms. The van der Waals surface area contributed by atoms with Crippen molar-refractivity contribution in [1.82, 2.24) is 5.32 Å². The molecule has 0 saturated carbocycles. The third kappa shape index (κ3) is 4.84. The number of carbonyl (C=O) groups excluding carboxylic acids is 2. The summed E-state index contributed by atoms with van der Waals surface area (Å²) in [5.74, 6) is -0.236. The Labute approximate surface area is 134 Å². The first-order valence-electron chi connectivity index (χ1n) is 7.00. The summed E-state index contributed by atoms with van der Waals surface area (Å²) < 4.78 is 0.919. The van der Waals surface area contributed by atoms with E-state index in [-0.39, 0.29) is 11.8 Å². The molecule has 1 aromatic rings. The fraction of sp³-hybridized carbons (Fsp3) is 0.500. The smallest absolute Gasteiger partial charge is 0.239 e. The zero-order valence-corrected chi connectivity index (χ0v) is 14.8. The van der Waals surface area contributed by atoms with Crippen LogP contribution in [0.4, 0.5) is 5.69 Å². The van der Waals surface area contributed by atoms with Gasteiger partial charge < -0.3 is 10.6 Å². The first kappa shape index (κ1) is 17.7. The van der Waals surface area contributed by atoms with Crippen LogP contribution in [0.3, 0.4) is 0 Å². The lowest BCUT2D eigenvalue weighted by molar-refractivity contribution is -0.138. The Morgan fingerprint density at radius 1 is 1.24 bits per heavy atom. The first-order valence-corrected chi connectivity index (χ1v) is 7.79. The van der Waals surface area contributed by atoms with Gasteiger partial charge in [-0.2, -0.15) is 0 Å². The van der Waals surface area contributed by atoms with E-state index in [4.69, 9.17) is 0 Å². The molecule has 0 atom stereocenters. The fourth-order valence-electron chi connectivity index (χ4n) is 1.58. The largest absolute Gasteiger partial charge is 0.355 e. The number of anilines is 1. The lowest BCUT2D eigenvalue weighted by atomic mass is 9.90. The predicted octanol–water partition coefficient (Wildman–Crippen LogP) is 3.49. The van der Waals surface area contributed by atoms with Gasteiger partial charge >= 0.3 is 0 Å². The van der Waals surface area contributed by atoms with Crippen molar-refractivity contribution in [2.24, 2.45) is 11.3 Å². The molecule has 0 heterocycles. The van der Waals surface area contributed by atoms with Crippen molar-refractivity contribution in [3.8, 4) is 0 Å². The highest BCUT2D eigenvalue weighted by Crippen LogP contribution is 2.23. The Kier molecular flexibility index (Phi) is 5.96. The zero-order valence-electron chi connectivity index (χ0n) is 13.2. The van der Waals surface area contributed by atoms with Gasteiger partial charge in [0, 0.05) is 16.7 Å². The summed E-state index contributed by atoms with van der Waals surface area (Å²) in [5.41, 5.74) is 0.635. The van der Waals surface area contributed by atoms with Crippen LogP contribution in [0.2, 0.25) is 0 Å². The van der Waals surface area contributed by atoms with E-state index >= 15 is 0 Å². The molecule has 0 unspecified atom stereocenters.